The van der Waals surface area contributed by atoms with Crippen LogP contribution in [0.1, 0.15) is 44.0 Å². The third-order valence-electron chi connectivity index (χ3n) is 6.10. The van der Waals surface area contributed by atoms with Gasteiger partial charge in [0.2, 0.25) is 0 Å². The minimum absolute atomic E-state index is 0.457. The summed E-state index contributed by atoms with van der Waals surface area (Å²) < 4.78 is 2.12. The Labute approximate surface area is 191 Å². The molecule has 2 heterocycles. The number of anilines is 1. The Bertz CT molecular complexity index is 941. The lowest BCUT2D eigenvalue weighted by atomic mass is 10.1. The van der Waals surface area contributed by atoms with Crippen molar-refractivity contribution in [3.8, 4) is 5.69 Å². The van der Waals surface area contributed by atoms with Crippen LogP contribution in [0.15, 0.2) is 60.7 Å². The van der Waals surface area contributed by atoms with Crippen molar-refractivity contribution in [1.82, 2.24) is 14.7 Å². The summed E-state index contributed by atoms with van der Waals surface area (Å²) >= 11 is 6.01. The van der Waals surface area contributed by atoms with Crippen molar-refractivity contribution in [3.63, 3.8) is 0 Å². The molecule has 0 radical (unpaired) electrons. The average molecular weight is 437 g/mol. The molecule has 0 atom stereocenters. The third-order valence-corrected chi connectivity index (χ3v) is 6.35. The molecule has 4 nitrogen and oxygen atoms in total. The third kappa shape index (κ3) is 5.69. The van der Waals surface area contributed by atoms with Crippen molar-refractivity contribution in [1.29, 1.82) is 0 Å². The first-order chi connectivity index (χ1) is 15.1. The van der Waals surface area contributed by atoms with E-state index in [1.165, 1.54) is 36.5 Å². The fourth-order valence-electron chi connectivity index (χ4n) is 4.28. The molecular weight excluding hydrogens is 404 g/mol. The number of aryl methyl sites for hydroxylation is 1. The maximum atomic E-state index is 6.01. The van der Waals surface area contributed by atoms with Gasteiger partial charge in [0.15, 0.2) is 0 Å². The number of hydrogen-bond donors (Lipinski definition) is 0. The molecule has 0 spiro atoms. The van der Waals surface area contributed by atoms with E-state index in [4.69, 9.17) is 16.7 Å². The fourth-order valence-corrected chi connectivity index (χ4v) is 4.41. The number of hydrogen-bond acceptors (Lipinski definition) is 3. The summed E-state index contributed by atoms with van der Waals surface area (Å²) in [6.45, 7) is 10.1. The molecule has 164 valence electrons. The van der Waals surface area contributed by atoms with E-state index in [2.05, 4.69) is 76.9 Å². The Kier molecular flexibility index (Phi) is 7.31. The lowest BCUT2D eigenvalue weighted by Crippen LogP contribution is -2.46. The van der Waals surface area contributed by atoms with E-state index in [1.54, 1.807) is 0 Å². The summed E-state index contributed by atoms with van der Waals surface area (Å²) in [5.74, 6) is 0.457. The number of halogens is 1. The van der Waals surface area contributed by atoms with Gasteiger partial charge in [0.25, 0.3) is 0 Å². The Morgan fingerprint density at radius 2 is 1.58 bits per heavy atom. The average Bonchev–Trinajstić information content (AvgIpc) is 3.23. The highest BCUT2D eigenvalue weighted by molar-refractivity contribution is 6.30. The smallest absolute Gasteiger partial charge is 0.0649 e. The molecule has 2 aromatic carbocycles. The van der Waals surface area contributed by atoms with Crippen LogP contribution in [0.2, 0.25) is 5.02 Å². The summed E-state index contributed by atoms with van der Waals surface area (Å²) in [6.07, 6.45) is 3.45. The van der Waals surface area contributed by atoms with Gasteiger partial charge in [-0.15, -0.1) is 0 Å². The highest BCUT2D eigenvalue weighted by Crippen LogP contribution is 2.22. The second-order valence-corrected chi connectivity index (χ2v) is 9.16. The van der Waals surface area contributed by atoms with Crippen molar-refractivity contribution in [2.24, 2.45) is 0 Å². The van der Waals surface area contributed by atoms with Gasteiger partial charge in [-0.25, -0.2) is 4.68 Å². The van der Waals surface area contributed by atoms with E-state index in [1.807, 2.05) is 12.1 Å². The zero-order valence-electron chi connectivity index (χ0n) is 18.7. The number of para-hydroxylation sites is 1. The van der Waals surface area contributed by atoms with Gasteiger partial charge in [-0.3, -0.25) is 4.90 Å². The predicted molar refractivity (Wildman–Crippen MR) is 131 cm³/mol. The van der Waals surface area contributed by atoms with Crippen LogP contribution in [0, 0.1) is 0 Å². The first-order valence-corrected chi connectivity index (χ1v) is 11.8. The molecule has 0 aliphatic carbocycles. The Morgan fingerprint density at radius 3 is 2.26 bits per heavy atom. The van der Waals surface area contributed by atoms with Gasteiger partial charge in [-0.05, 0) is 74.2 Å². The van der Waals surface area contributed by atoms with Gasteiger partial charge < -0.3 is 4.90 Å². The zero-order chi connectivity index (χ0) is 21.6. The molecule has 0 unspecified atom stereocenters. The monoisotopic (exact) mass is 436 g/mol. The molecule has 1 aromatic heterocycles. The second kappa shape index (κ2) is 10.3. The summed E-state index contributed by atoms with van der Waals surface area (Å²) in [7, 11) is 0. The largest absolute Gasteiger partial charge is 0.369 e. The van der Waals surface area contributed by atoms with Gasteiger partial charge in [-0.2, -0.15) is 5.10 Å². The SMILES string of the molecule is CC(C)c1cc(CCCCN2CCN(c3ccc(Cl)cc3)CC2)nn1-c1ccccc1. The van der Waals surface area contributed by atoms with Crippen molar-refractivity contribution in [2.75, 3.05) is 37.6 Å². The zero-order valence-corrected chi connectivity index (χ0v) is 19.4. The molecule has 1 saturated heterocycles. The molecule has 0 amide bonds. The molecule has 1 aliphatic rings. The summed E-state index contributed by atoms with van der Waals surface area (Å²) in [5, 5.41) is 5.73. The molecule has 3 aromatic rings. The second-order valence-electron chi connectivity index (χ2n) is 8.72. The number of piperazine rings is 1. The first kappa shape index (κ1) is 21.9. The van der Waals surface area contributed by atoms with Crippen LogP contribution >= 0.6 is 11.6 Å². The Balaban J connectivity index is 1.24. The van der Waals surface area contributed by atoms with E-state index in [0.717, 1.165) is 43.3 Å². The van der Waals surface area contributed by atoms with Crippen molar-refractivity contribution >= 4 is 17.3 Å². The topological polar surface area (TPSA) is 24.3 Å². The van der Waals surface area contributed by atoms with E-state index >= 15 is 0 Å². The summed E-state index contributed by atoms with van der Waals surface area (Å²) in [4.78, 5) is 5.05. The highest BCUT2D eigenvalue weighted by Gasteiger charge is 2.17. The van der Waals surface area contributed by atoms with E-state index in [0.29, 0.717) is 5.92 Å². The maximum absolute atomic E-state index is 6.01. The van der Waals surface area contributed by atoms with Crippen LogP contribution < -0.4 is 4.90 Å². The predicted octanol–water partition coefficient (Wildman–Crippen LogP) is 5.79. The van der Waals surface area contributed by atoms with E-state index < -0.39 is 0 Å². The molecule has 5 heteroatoms. The van der Waals surface area contributed by atoms with Gasteiger partial charge >= 0.3 is 0 Å². The van der Waals surface area contributed by atoms with Gasteiger partial charge in [0.1, 0.15) is 0 Å². The quantitative estimate of drug-likeness (QED) is 0.417. The fraction of sp³-hybridized carbons (Fsp3) is 0.423. The number of aromatic nitrogens is 2. The molecule has 0 bridgehead atoms. The Hall–Kier alpha value is -2.30. The van der Waals surface area contributed by atoms with Crippen molar-refractivity contribution in [3.05, 3.63) is 77.1 Å². The van der Waals surface area contributed by atoms with Crippen molar-refractivity contribution < 1.29 is 0 Å². The number of unbranched alkanes of at least 4 members (excludes halogenated alkanes) is 1. The van der Waals surface area contributed by atoms with E-state index in [-0.39, 0.29) is 0 Å². The van der Waals surface area contributed by atoms with Gasteiger partial charge in [0.05, 0.1) is 11.4 Å². The molecule has 31 heavy (non-hydrogen) atoms. The number of benzene rings is 2. The molecule has 0 N–H and O–H groups in total. The normalized spacial score (nSPS) is 15.0. The van der Waals surface area contributed by atoms with Crippen LogP contribution in [0.3, 0.4) is 0 Å². The lowest BCUT2D eigenvalue weighted by Gasteiger charge is -2.36. The summed E-state index contributed by atoms with van der Waals surface area (Å²) in [6, 6.07) is 21.0. The number of nitrogens with zero attached hydrogens (tertiary/aromatic N) is 4. The molecule has 0 saturated carbocycles. The van der Waals surface area contributed by atoms with Crippen LogP contribution in [0.4, 0.5) is 5.69 Å². The first-order valence-electron chi connectivity index (χ1n) is 11.5. The lowest BCUT2D eigenvalue weighted by molar-refractivity contribution is 0.253. The van der Waals surface area contributed by atoms with Crippen LogP contribution in [-0.4, -0.2) is 47.4 Å². The minimum atomic E-state index is 0.457. The number of rotatable bonds is 8. The van der Waals surface area contributed by atoms with Crippen LogP contribution in [0.25, 0.3) is 5.69 Å². The molecule has 1 aliphatic heterocycles. The molecule has 1 fully saturated rings. The van der Waals surface area contributed by atoms with Crippen LogP contribution in [-0.2, 0) is 6.42 Å². The molecule has 4 rings (SSSR count). The van der Waals surface area contributed by atoms with Gasteiger partial charge in [0, 0.05) is 42.6 Å². The standard InChI is InChI=1S/C26H33ClN4/c1-21(2)26-20-23(28-31(26)25-9-4-3-5-10-25)8-6-7-15-29-16-18-30(19-17-29)24-13-11-22(27)12-14-24/h3-5,9-14,20-21H,6-8,15-19H2,1-2H3. The minimum Gasteiger partial charge on any atom is -0.369 e. The summed E-state index contributed by atoms with van der Waals surface area (Å²) in [5.41, 5.74) is 4.93. The van der Waals surface area contributed by atoms with E-state index in [9.17, 15) is 0 Å². The van der Waals surface area contributed by atoms with Crippen molar-refractivity contribution in [2.45, 2.75) is 39.0 Å². The van der Waals surface area contributed by atoms with Gasteiger partial charge in [-0.1, -0.05) is 43.6 Å². The Morgan fingerprint density at radius 1 is 0.871 bits per heavy atom. The molecular formula is C26H33ClN4. The van der Waals surface area contributed by atoms with Crippen LogP contribution in [0.5, 0.6) is 0 Å². The highest BCUT2D eigenvalue weighted by atomic mass is 35.5. The maximum Gasteiger partial charge on any atom is 0.0649 e.